The zero-order valence-corrected chi connectivity index (χ0v) is 12.7. The minimum Gasteiger partial charge on any atom is -0.396 e. The Morgan fingerprint density at radius 3 is 2.80 bits per heavy atom. The summed E-state index contributed by atoms with van der Waals surface area (Å²) in [5.74, 6) is 0. The monoisotopic (exact) mass is 317 g/mol. The van der Waals surface area contributed by atoms with Crippen molar-refractivity contribution in [3.8, 4) is 0 Å². The Balaban J connectivity index is 2.40. The molecule has 0 saturated heterocycles. The first-order valence-corrected chi connectivity index (χ1v) is 7.86. The largest absolute Gasteiger partial charge is 0.396 e. The first kappa shape index (κ1) is 15.2. The highest BCUT2D eigenvalue weighted by Gasteiger charge is 2.27. The number of rotatable bonds is 5. The van der Waals surface area contributed by atoms with Crippen LogP contribution in [0, 0.1) is 5.41 Å². The van der Waals surface area contributed by atoms with E-state index in [1.165, 1.54) is 4.40 Å². The summed E-state index contributed by atoms with van der Waals surface area (Å²) in [6.45, 7) is 3.48. The molecule has 2 rings (SSSR count). The van der Waals surface area contributed by atoms with Gasteiger partial charge in [0.2, 0.25) is 0 Å². The van der Waals surface area contributed by atoms with Crippen LogP contribution in [0.5, 0.6) is 0 Å². The van der Waals surface area contributed by atoms with Gasteiger partial charge >= 0.3 is 0 Å². The van der Waals surface area contributed by atoms with Crippen LogP contribution in [0.3, 0.4) is 0 Å². The van der Waals surface area contributed by atoms with Crippen molar-refractivity contribution >= 4 is 27.3 Å². The van der Waals surface area contributed by atoms with Crippen molar-refractivity contribution in [2.75, 3.05) is 13.2 Å². The van der Waals surface area contributed by atoms with Crippen LogP contribution in [0.15, 0.2) is 29.4 Å². The van der Waals surface area contributed by atoms with Crippen molar-refractivity contribution < 1.29 is 13.5 Å². The fourth-order valence-electron chi connectivity index (χ4n) is 1.60. The average Bonchev–Trinajstić information content (AvgIpc) is 2.73. The molecule has 2 aromatic heterocycles. The molecule has 20 heavy (non-hydrogen) atoms. The van der Waals surface area contributed by atoms with E-state index >= 15 is 0 Å². The topological polar surface area (TPSA) is 83.7 Å². The first-order chi connectivity index (χ1) is 9.27. The fourth-order valence-corrected chi connectivity index (χ4v) is 3.48. The van der Waals surface area contributed by atoms with E-state index in [0.29, 0.717) is 5.65 Å². The summed E-state index contributed by atoms with van der Waals surface area (Å²) in [5.41, 5.74) is -0.0978. The third-order valence-corrected chi connectivity index (χ3v) is 4.67. The van der Waals surface area contributed by atoms with Gasteiger partial charge in [-0.1, -0.05) is 31.5 Å². The second-order valence-corrected chi connectivity index (χ2v) is 7.32. The van der Waals surface area contributed by atoms with E-state index in [1.807, 2.05) is 0 Å². The lowest BCUT2D eigenvalue weighted by Crippen LogP contribution is -2.36. The predicted octanol–water partition coefficient (Wildman–Crippen LogP) is 1.28. The molecule has 8 heteroatoms. The predicted molar refractivity (Wildman–Crippen MR) is 76.3 cm³/mol. The molecule has 2 aromatic rings. The van der Waals surface area contributed by atoms with Gasteiger partial charge in [-0.25, -0.2) is 18.1 Å². The average molecular weight is 318 g/mol. The van der Waals surface area contributed by atoms with Crippen LogP contribution >= 0.6 is 11.6 Å². The van der Waals surface area contributed by atoms with Gasteiger partial charge in [0.25, 0.3) is 10.0 Å². The lowest BCUT2D eigenvalue weighted by molar-refractivity contribution is 0.163. The lowest BCUT2D eigenvalue weighted by atomic mass is 9.96. The molecule has 0 fully saturated rings. The summed E-state index contributed by atoms with van der Waals surface area (Å²) < 4.78 is 28.6. The molecule has 0 aliphatic heterocycles. The normalized spacial score (nSPS) is 13.0. The molecule has 0 radical (unpaired) electrons. The van der Waals surface area contributed by atoms with Gasteiger partial charge in [-0.2, -0.15) is 0 Å². The second kappa shape index (κ2) is 5.33. The second-order valence-electron chi connectivity index (χ2n) is 5.28. The van der Waals surface area contributed by atoms with Gasteiger partial charge in [-0.15, -0.1) is 0 Å². The summed E-state index contributed by atoms with van der Waals surface area (Å²) >= 11 is 5.94. The van der Waals surface area contributed by atoms with Crippen molar-refractivity contribution in [2.24, 2.45) is 5.41 Å². The third kappa shape index (κ3) is 2.95. The number of nitrogens with one attached hydrogen (secondary N) is 1. The number of fused-ring (bicyclic) bond motifs is 1. The molecule has 0 bridgehead atoms. The van der Waals surface area contributed by atoms with Crippen LogP contribution in [0.1, 0.15) is 13.8 Å². The van der Waals surface area contributed by atoms with Gasteiger partial charge in [0.1, 0.15) is 5.65 Å². The molecule has 6 nitrogen and oxygen atoms in total. The minimum absolute atomic E-state index is 0.0782. The lowest BCUT2D eigenvalue weighted by Gasteiger charge is -2.21. The van der Waals surface area contributed by atoms with Crippen LogP contribution in [0.25, 0.3) is 5.65 Å². The number of pyridine rings is 1. The highest BCUT2D eigenvalue weighted by molar-refractivity contribution is 7.89. The molecule has 0 amide bonds. The van der Waals surface area contributed by atoms with Crippen molar-refractivity contribution in [1.29, 1.82) is 0 Å². The van der Waals surface area contributed by atoms with E-state index in [-0.39, 0.29) is 23.3 Å². The van der Waals surface area contributed by atoms with Crippen molar-refractivity contribution in [3.63, 3.8) is 0 Å². The molecular formula is C12H16ClN3O3S. The Morgan fingerprint density at radius 1 is 1.45 bits per heavy atom. The molecule has 0 aliphatic rings. The van der Waals surface area contributed by atoms with E-state index in [1.54, 1.807) is 38.2 Å². The number of sulfonamides is 1. The van der Waals surface area contributed by atoms with Crippen LogP contribution < -0.4 is 4.72 Å². The zero-order valence-electron chi connectivity index (χ0n) is 11.2. The summed E-state index contributed by atoms with van der Waals surface area (Å²) in [7, 11) is -3.81. The Bertz CT molecular complexity index is 725. The molecule has 2 N–H and O–H groups in total. The quantitative estimate of drug-likeness (QED) is 0.870. The van der Waals surface area contributed by atoms with Crippen molar-refractivity contribution in [3.05, 3.63) is 29.5 Å². The Morgan fingerprint density at radius 2 is 2.15 bits per heavy atom. The summed E-state index contributed by atoms with van der Waals surface area (Å²) in [6.07, 6.45) is 1.58. The molecule has 2 heterocycles. The molecule has 0 aliphatic carbocycles. The van der Waals surface area contributed by atoms with E-state index in [0.717, 1.165) is 0 Å². The van der Waals surface area contributed by atoms with E-state index in [4.69, 9.17) is 16.7 Å². The number of aliphatic hydroxyl groups excluding tert-OH is 1. The molecular weight excluding hydrogens is 302 g/mol. The standard InChI is InChI=1S/C12H16ClN3O3S/c1-12(2,8-17)7-14-20(18,19)11-10(13)15-9-5-3-4-6-16(9)11/h3-6,14,17H,7-8H2,1-2H3. The van der Waals surface area contributed by atoms with Crippen LogP contribution in [0.4, 0.5) is 0 Å². The number of hydrogen-bond acceptors (Lipinski definition) is 4. The fraction of sp³-hybridized carbons (Fsp3) is 0.417. The smallest absolute Gasteiger partial charge is 0.259 e. The Kier molecular flexibility index (Phi) is 4.06. The minimum atomic E-state index is -3.81. The number of hydrogen-bond donors (Lipinski definition) is 2. The van der Waals surface area contributed by atoms with Gasteiger partial charge in [-0.05, 0) is 12.1 Å². The summed E-state index contributed by atoms with van der Waals surface area (Å²) in [4.78, 5) is 4.00. The number of aromatic nitrogens is 2. The maximum absolute atomic E-state index is 12.4. The van der Waals surface area contributed by atoms with E-state index < -0.39 is 15.4 Å². The van der Waals surface area contributed by atoms with Crippen molar-refractivity contribution in [1.82, 2.24) is 14.1 Å². The Labute approximate surface area is 122 Å². The highest BCUT2D eigenvalue weighted by Crippen LogP contribution is 2.23. The zero-order chi connectivity index (χ0) is 15.0. The van der Waals surface area contributed by atoms with Gasteiger partial charge in [0.15, 0.2) is 10.2 Å². The van der Waals surface area contributed by atoms with Crippen molar-refractivity contribution in [2.45, 2.75) is 18.9 Å². The Hall–Kier alpha value is -1.15. The summed E-state index contributed by atoms with van der Waals surface area (Å²) in [5, 5.41) is 9.00. The third-order valence-electron chi connectivity index (χ3n) is 2.87. The number of halogens is 1. The maximum Gasteiger partial charge on any atom is 0.259 e. The number of aliphatic hydroxyl groups is 1. The molecule has 0 atom stereocenters. The van der Waals surface area contributed by atoms with Crippen LogP contribution in [0.2, 0.25) is 5.15 Å². The maximum atomic E-state index is 12.4. The number of nitrogens with zero attached hydrogens (tertiary/aromatic N) is 2. The molecule has 0 aromatic carbocycles. The van der Waals surface area contributed by atoms with E-state index in [9.17, 15) is 8.42 Å². The van der Waals surface area contributed by atoms with Gasteiger partial charge in [0, 0.05) is 24.8 Å². The SMILES string of the molecule is CC(C)(CO)CNS(=O)(=O)c1c(Cl)nc2ccccn12. The van der Waals surface area contributed by atoms with E-state index in [2.05, 4.69) is 9.71 Å². The van der Waals surface area contributed by atoms with Crippen LogP contribution in [-0.2, 0) is 10.0 Å². The van der Waals surface area contributed by atoms with Gasteiger partial charge < -0.3 is 5.11 Å². The molecule has 0 unspecified atom stereocenters. The molecule has 0 saturated carbocycles. The molecule has 0 spiro atoms. The van der Waals surface area contributed by atoms with Gasteiger partial charge in [-0.3, -0.25) is 4.40 Å². The van der Waals surface area contributed by atoms with Gasteiger partial charge in [0.05, 0.1) is 0 Å². The first-order valence-electron chi connectivity index (χ1n) is 6.00. The molecule has 110 valence electrons. The highest BCUT2D eigenvalue weighted by atomic mass is 35.5. The van der Waals surface area contributed by atoms with Crippen LogP contribution in [-0.4, -0.2) is 36.1 Å². The summed E-state index contributed by atoms with van der Waals surface area (Å²) in [6, 6.07) is 5.11. The number of imidazole rings is 1.